The summed E-state index contributed by atoms with van der Waals surface area (Å²) in [5, 5.41) is 5.62. The van der Waals surface area contributed by atoms with Crippen molar-refractivity contribution >= 4 is 29.9 Å². The van der Waals surface area contributed by atoms with Gasteiger partial charge in [-0.05, 0) is 70.2 Å². The van der Waals surface area contributed by atoms with Crippen LogP contribution >= 0.6 is 0 Å². The van der Waals surface area contributed by atoms with Crippen LogP contribution in [0.25, 0.3) is 0 Å². The summed E-state index contributed by atoms with van der Waals surface area (Å²) >= 11 is 0. The van der Waals surface area contributed by atoms with Crippen molar-refractivity contribution in [3.63, 3.8) is 0 Å². The lowest BCUT2D eigenvalue weighted by atomic mass is 10.0. The highest BCUT2D eigenvalue weighted by molar-refractivity contribution is 5.98. The lowest BCUT2D eigenvalue weighted by molar-refractivity contribution is -0.142. The zero-order chi connectivity index (χ0) is 37.0. The number of allylic oxidation sites excluding steroid dienone is 1. The second kappa shape index (κ2) is 15.2. The summed E-state index contributed by atoms with van der Waals surface area (Å²) in [7, 11) is 0. The summed E-state index contributed by atoms with van der Waals surface area (Å²) in [5.41, 5.74) is 1.41. The molecule has 14 heteroatoms. The highest BCUT2D eigenvalue weighted by Gasteiger charge is 2.61. The van der Waals surface area contributed by atoms with Crippen LogP contribution in [0.15, 0.2) is 60.7 Å². The summed E-state index contributed by atoms with van der Waals surface area (Å²) < 4.78 is 25.7. The molecule has 3 N–H and O–H groups in total. The molecule has 4 aliphatic rings. The Kier molecular flexibility index (Phi) is 10.7. The van der Waals surface area contributed by atoms with Crippen LogP contribution in [0, 0.1) is 11.7 Å². The predicted octanol–water partition coefficient (Wildman–Crippen LogP) is 4.65. The fourth-order valence-corrected chi connectivity index (χ4v) is 7.03. The number of para-hydroxylation sites is 1. The molecule has 2 aromatic carbocycles. The number of carbonyl (C=O) groups is 5. The molecule has 0 aromatic heterocycles. The Hall–Kier alpha value is -5.14. The summed E-state index contributed by atoms with van der Waals surface area (Å²) in [4.78, 5) is 76.7. The summed E-state index contributed by atoms with van der Waals surface area (Å²) in [5.74, 6) is -2.02. The maximum atomic E-state index is 14.4. The molecule has 3 heterocycles. The molecule has 2 aromatic rings. The van der Waals surface area contributed by atoms with Crippen molar-refractivity contribution in [1.29, 1.82) is 0 Å². The molecular weight excluding hydrogens is 673 g/mol. The third kappa shape index (κ3) is 8.48. The number of alkyl carbamates (subject to hydrolysis) is 1. The molecule has 5 amide bonds. The molecule has 0 radical (unpaired) electrons. The van der Waals surface area contributed by atoms with Gasteiger partial charge in [0, 0.05) is 24.4 Å². The zero-order valence-electron chi connectivity index (χ0n) is 29.7. The van der Waals surface area contributed by atoms with E-state index in [2.05, 4.69) is 16.1 Å². The third-order valence-corrected chi connectivity index (χ3v) is 9.79. The number of hydrogen-bond acceptors (Lipinski definition) is 8. The van der Waals surface area contributed by atoms with Gasteiger partial charge in [0.1, 0.15) is 35.1 Å². The smallest absolute Gasteiger partial charge is 0.410 e. The Morgan fingerprint density at radius 3 is 2.54 bits per heavy atom. The molecule has 278 valence electrons. The first-order chi connectivity index (χ1) is 24.8. The second-order valence-corrected chi connectivity index (χ2v) is 14.9. The molecule has 1 saturated heterocycles. The van der Waals surface area contributed by atoms with E-state index in [-0.39, 0.29) is 32.0 Å². The van der Waals surface area contributed by atoms with Gasteiger partial charge < -0.3 is 29.8 Å². The first-order valence-corrected chi connectivity index (χ1v) is 17.9. The molecule has 6 rings (SSSR count). The summed E-state index contributed by atoms with van der Waals surface area (Å²) in [6.07, 6.45) is 5.01. The first kappa shape index (κ1) is 36.6. The molecule has 5 atom stereocenters. The standard InChI is InChI=1S/C38H46FN5O8/c1-37(2,3)51-35(48)40-30-18-11-6-4-5-8-14-25-20-38(25,34(47)42-52-26-15-9-7-10-16-26)41-32(45)31-19-27(22-44(31)33(30)46)50-36(49)43-21-24-13-12-17-29(39)28(24)23-43/h7-10,12-17,25,27,30-31H,4-6,11,18-23H2,1-3H3,(H,40,48)(H,41,45)(H,42,47)/b14-8-/t25-,27+,30-,31-,38-/m0/s1. The molecule has 3 aliphatic heterocycles. The van der Waals surface area contributed by atoms with Gasteiger partial charge in [-0.25, -0.2) is 14.0 Å². The van der Waals surface area contributed by atoms with Crippen molar-refractivity contribution < 1.29 is 42.7 Å². The van der Waals surface area contributed by atoms with Crippen molar-refractivity contribution in [2.24, 2.45) is 5.92 Å². The molecule has 2 fully saturated rings. The third-order valence-electron chi connectivity index (χ3n) is 9.79. The van der Waals surface area contributed by atoms with Gasteiger partial charge >= 0.3 is 12.2 Å². The number of carbonyl (C=O) groups excluding carboxylic acids is 5. The van der Waals surface area contributed by atoms with E-state index in [1.165, 1.54) is 15.9 Å². The molecule has 0 unspecified atom stereocenters. The van der Waals surface area contributed by atoms with E-state index in [9.17, 15) is 28.4 Å². The summed E-state index contributed by atoms with van der Waals surface area (Å²) in [6, 6.07) is 11.2. The quantitative estimate of drug-likeness (QED) is 0.298. The van der Waals surface area contributed by atoms with Crippen molar-refractivity contribution in [2.75, 3.05) is 6.54 Å². The molecule has 52 heavy (non-hydrogen) atoms. The van der Waals surface area contributed by atoms with Crippen molar-refractivity contribution in [3.05, 3.63) is 77.6 Å². The zero-order valence-corrected chi connectivity index (χ0v) is 29.7. The van der Waals surface area contributed by atoms with Crippen LogP contribution < -0.4 is 21.0 Å². The van der Waals surface area contributed by atoms with Crippen molar-refractivity contribution in [1.82, 2.24) is 25.9 Å². The van der Waals surface area contributed by atoms with E-state index < -0.39 is 65.1 Å². The molecule has 0 bridgehead atoms. The van der Waals surface area contributed by atoms with Gasteiger partial charge in [0.05, 0.1) is 13.1 Å². The van der Waals surface area contributed by atoms with Crippen LogP contribution in [0.1, 0.15) is 76.8 Å². The van der Waals surface area contributed by atoms with E-state index in [0.29, 0.717) is 36.1 Å². The Balaban J connectivity index is 1.23. The van der Waals surface area contributed by atoms with Crippen LogP contribution in [0.2, 0.25) is 0 Å². The second-order valence-electron chi connectivity index (χ2n) is 14.9. The van der Waals surface area contributed by atoms with E-state index in [0.717, 1.165) is 19.3 Å². The van der Waals surface area contributed by atoms with Crippen LogP contribution in [0.3, 0.4) is 0 Å². The van der Waals surface area contributed by atoms with Crippen LogP contribution in [0.5, 0.6) is 5.75 Å². The number of amides is 5. The van der Waals surface area contributed by atoms with E-state index >= 15 is 0 Å². The first-order valence-electron chi connectivity index (χ1n) is 17.9. The largest absolute Gasteiger partial charge is 0.444 e. The predicted molar refractivity (Wildman–Crippen MR) is 186 cm³/mol. The molecule has 1 saturated carbocycles. The fraction of sp³-hybridized carbons (Fsp3) is 0.500. The number of rotatable bonds is 5. The highest BCUT2D eigenvalue weighted by atomic mass is 19.1. The number of nitrogens with one attached hydrogen (secondary N) is 3. The number of hydrogen-bond donors (Lipinski definition) is 3. The number of benzene rings is 2. The Labute approximate surface area is 302 Å². The minimum Gasteiger partial charge on any atom is -0.444 e. The maximum absolute atomic E-state index is 14.4. The lowest BCUT2D eigenvalue weighted by Gasteiger charge is -2.30. The minimum absolute atomic E-state index is 0.0274. The Morgan fingerprint density at radius 1 is 1.00 bits per heavy atom. The number of nitrogens with zero attached hydrogens (tertiary/aromatic N) is 2. The van der Waals surface area contributed by atoms with E-state index in [4.69, 9.17) is 14.3 Å². The van der Waals surface area contributed by atoms with E-state index in [1.807, 2.05) is 18.2 Å². The van der Waals surface area contributed by atoms with Crippen molar-refractivity contribution in [3.8, 4) is 5.75 Å². The van der Waals surface area contributed by atoms with Gasteiger partial charge in [-0.1, -0.05) is 55.3 Å². The van der Waals surface area contributed by atoms with Gasteiger partial charge in [-0.3, -0.25) is 19.3 Å². The van der Waals surface area contributed by atoms with Crippen LogP contribution in [0.4, 0.5) is 14.0 Å². The van der Waals surface area contributed by atoms with Gasteiger partial charge in [0.25, 0.3) is 5.91 Å². The molecule has 13 nitrogen and oxygen atoms in total. The minimum atomic E-state index is -1.34. The average Bonchev–Trinajstić information content (AvgIpc) is 3.39. The lowest BCUT2D eigenvalue weighted by Crippen LogP contribution is -2.58. The Bertz CT molecular complexity index is 1710. The average molecular weight is 720 g/mol. The van der Waals surface area contributed by atoms with Crippen molar-refractivity contribution in [2.45, 2.75) is 108 Å². The topological polar surface area (TPSA) is 156 Å². The number of ether oxygens (including phenoxy) is 2. The number of halogens is 1. The van der Waals surface area contributed by atoms with Crippen LogP contribution in [-0.4, -0.2) is 75.6 Å². The number of fused-ring (bicyclic) bond motifs is 3. The van der Waals surface area contributed by atoms with Gasteiger partial charge in [0.2, 0.25) is 11.8 Å². The van der Waals surface area contributed by atoms with E-state index in [1.54, 1.807) is 57.2 Å². The fourth-order valence-electron chi connectivity index (χ4n) is 7.03. The van der Waals surface area contributed by atoms with Gasteiger partial charge in [-0.2, -0.15) is 5.48 Å². The number of hydroxylamine groups is 1. The molecule has 1 aliphatic carbocycles. The summed E-state index contributed by atoms with van der Waals surface area (Å²) in [6.45, 7) is 5.20. The van der Waals surface area contributed by atoms with Crippen LogP contribution in [-0.2, 0) is 36.9 Å². The SMILES string of the molecule is CC(C)(C)OC(=O)N[C@H]1CCCCC/C=C\[C@H]2C[C@]2(C(=O)NOc2ccccc2)NC(=O)[C@@H]2C[C@@H](OC(=O)N3Cc4cccc(F)c4C3)CN2C1=O. The molecule has 0 spiro atoms. The van der Waals surface area contributed by atoms with Gasteiger partial charge in [0.15, 0.2) is 5.75 Å². The monoisotopic (exact) mass is 719 g/mol. The van der Waals surface area contributed by atoms with Gasteiger partial charge in [-0.15, -0.1) is 0 Å². The Morgan fingerprint density at radius 2 is 1.79 bits per heavy atom. The highest BCUT2D eigenvalue weighted by Crippen LogP contribution is 2.45. The maximum Gasteiger partial charge on any atom is 0.410 e. The molecular formula is C38H46FN5O8. The normalized spacial score (nSPS) is 26.7.